The summed E-state index contributed by atoms with van der Waals surface area (Å²) >= 11 is 0. The van der Waals surface area contributed by atoms with Crippen LogP contribution in [0.2, 0.25) is 0 Å². The first-order valence-electron chi connectivity index (χ1n) is 8.72. The molecule has 8 nitrogen and oxygen atoms in total. The Bertz CT molecular complexity index is 774. The predicted octanol–water partition coefficient (Wildman–Crippen LogP) is 1.08. The van der Waals surface area contributed by atoms with Gasteiger partial charge in [-0.05, 0) is 11.1 Å². The normalized spacial score (nSPS) is 23.6. The predicted molar refractivity (Wildman–Crippen MR) is 97.9 cm³/mol. The van der Waals surface area contributed by atoms with Gasteiger partial charge >= 0.3 is 17.9 Å². The van der Waals surface area contributed by atoms with E-state index in [-0.39, 0.29) is 17.9 Å². The fourth-order valence-corrected chi connectivity index (χ4v) is 3.11. The zero-order valence-electron chi connectivity index (χ0n) is 16.0. The number of hydrogen-bond acceptors (Lipinski definition) is 7. The molecule has 0 heterocycles. The van der Waals surface area contributed by atoms with Crippen LogP contribution in [0.25, 0.3) is 0 Å². The van der Waals surface area contributed by atoms with Crippen LogP contribution in [-0.2, 0) is 39.8 Å². The first-order valence-corrected chi connectivity index (χ1v) is 8.72. The Morgan fingerprint density at radius 3 is 1.96 bits per heavy atom. The molecule has 1 saturated carbocycles. The summed E-state index contributed by atoms with van der Waals surface area (Å²) in [6.45, 7) is 7.44. The Kier molecular flexibility index (Phi) is 6.92. The Morgan fingerprint density at radius 1 is 0.893 bits per heavy atom. The van der Waals surface area contributed by atoms with Crippen molar-refractivity contribution in [3.63, 3.8) is 0 Å². The van der Waals surface area contributed by atoms with Gasteiger partial charge in [0.05, 0.1) is 12.5 Å². The average molecular weight is 389 g/mol. The first-order chi connectivity index (χ1) is 13.2. The van der Waals surface area contributed by atoms with Crippen molar-refractivity contribution in [2.45, 2.75) is 51.5 Å². The highest BCUT2D eigenvalue weighted by molar-refractivity contribution is 5.80. The Balaban J connectivity index is 2.25. The summed E-state index contributed by atoms with van der Waals surface area (Å²) in [4.78, 5) is 47.1. The quantitative estimate of drug-likeness (QED) is 0.441. The number of benzene rings is 1. The molecule has 1 fully saturated rings. The number of carbonyl (C=O) groups excluding carboxylic acids is 4. The lowest BCUT2D eigenvalue weighted by Gasteiger charge is -2.25. The molecule has 0 bridgehead atoms. The molecule has 0 aromatic heterocycles. The molecule has 150 valence electrons. The van der Waals surface area contributed by atoms with Gasteiger partial charge in [-0.2, -0.15) is 0 Å². The van der Waals surface area contributed by atoms with Crippen LogP contribution in [0.3, 0.4) is 0 Å². The van der Waals surface area contributed by atoms with Crippen LogP contribution in [0.15, 0.2) is 42.5 Å². The molecule has 1 aromatic rings. The van der Waals surface area contributed by atoms with E-state index in [1.54, 1.807) is 12.1 Å². The van der Waals surface area contributed by atoms with Crippen LogP contribution in [0, 0.1) is 0 Å². The van der Waals surface area contributed by atoms with E-state index < -0.39 is 42.3 Å². The van der Waals surface area contributed by atoms with Crippen molar-refractivity contribution in [3.8, 4) is 0 Å². The lowest BCUT2D eigenvalue weighted by atomic mass is 10.1. The molecular formula is C20H23NO7. The van der Waals surface area contributed by atoms with Crippen molar-refractivity contribution in [2.24, 2.45) is 0 Å². The summed E-state index contributed by atoms with van der Waals surface area (Å²) in [5.74, 6) is -2.26. The Labute approximate surface area is 162 Å². The summed E-state index contributed by atoms with van der Waals surface area (Å²) in [5, 5.41) is 2.74. The summed E-state index contributed by atoms with van der Waals surface area (Å²) in [5.41, 5.74) is 1.06. The minimum atomic E-state index is -1.11. The van der Waals surface area contributed by atoms with Gasteiger partial charge in [0.15, 0.2) is 18.3 Å². The molecule has 0 saturated heterocycles. The van der Waals surface area contributed by atoms with Crippen LogP contribution >= 0.6 is 0 Å². The maximum absolute atomic E-state index is 12.5. The number of ether oxygens (including phenoxy) is 3. The van der Waals surface area contributed by atoms with Gasteiger partial charge in [-0.1, -0.05) is 36.9 Å². The second-order valence-electron chi connectivity index (χ2n) is 6.46. The average Bonchev–Trinajstić information content (AvgIpc) is 2.80. The second-order valence-corrected chi connectivity index (χ2v) is 6.46. The van der Waals surface area contributed by atoms with Crippen molar-refractivity contribution in [2.75, 3.05) is 0 Å². The lowest BCUT2D eigenvalue weighted by molar-refractivity contribution is -0.174. The molecule has 2 rings (SSSR count). The van der Waals surface area contributed by atoms with Gasteiger partial charge in [0, 0.05) is 20.8 Å². The number of esters is 3. The van der Waals surface area contributed by atoms with Crippen LogP contribution in [0.1, 0.15) is 26.3 Å². The smallest absolute Gasteiger partial charge is 0.303 e. The minimum Gasteiger partial charge on any atom is -0.456 e. The van der Waals surface area contributed by atoms with Crippen molar-refractivity contribution < 1.29 is 33.4 Å². The molecule has 1 amide bonds. The zero-order valence-corrected chi connectivity index (χ0v) is 16.0. The van der Waals surface area contributed by atoms with Crippen LogP contribution in [0.5, 0.6) is 0 Å². The second kappa shape index (κ2) is 9.16. The van der Waals surface area contributed by atoms with E-state index in [0.717, 1.165) is 5.56 Å². The van der Waals surface area contributed by atoms with Gasteiger partial charge in [0.1, 0.15) is 0 Å². The number of rotatable bonds is 6. The molecule has 1 aliphatic rings. The summed E-state index contributed by atoms with van der Waals surface area (Å²) in [6, 6.07) is 8.18. The zero-order chi connectivity index (χ0) is 20.8. The van der Waals surface area contributed by atoms with Gasteiger partial charge in [-0.25, -0.2) is 0 Å². The summed E-state index contributed by atoms with van der Waals surface area (Å²) < 4.78 is 15.7. The van der Waals surface area contributed by atoms with Crippen LogP contribution < -0.4 is 5.32 Å². The highest BCUT2D eigenvalue weighted by Crippen LogP contribution is 2.33. The van der Waals surface area contributed by atoms with Crippen LogP contribution in [-0.4, -0.2) is 48.2 Å². The van der Waals surface area contributed by atoms with E-state index in [1.165, 1.54) is 20.8 Å². The Morgan fingerprint density at radius 2 is 1.43 bits per heavy atom. The van der Waals surface area contributed by atoms with Crippen molar-refractivity contribution in [1.29, 1.82) is 0 Å². The number of amides is 1. The van der Waals surface area contributed by atoms with Crippen LogP contribution in [0.4, 0.5) is 0 Å². The molecule has 0 radical (unpaired) electrons. The molecule has 0 aliphatic heterocycles. The van der Waals surface area contributed by atoms with E-state index in [4.69, 9.17) is 14.2 Å². The third kappa shape index (κ3) is 5.42. The van der Waals surface area contributed by atoms with E-state index in [1.807, 2.05) is 18.2 Å². The highest BCUT2D eigenvalue weighted by Gasteiger charge is 2.52. The minimum absolute atomic E-state index is 0.0911. The maximum Gasteiger partial charge on any atom is 0.303 e. The fourth-order valence-electron chi connectivity index (χ4n) is 3.11. The largest absolute Gasteiger partial charge is 0.456 e. The number of nitrogens with one attached hydrogen (secondary N) is 1. The van der Waals surface area contributed by atoms with Crippen molar-refractivity contribution in [1.82, 2.24) is 5.32 Å². The van der Waals surface area contributed by atoms with E-state index in [9.17, 15) is 19.2 Å². The first kappa shape index (κ1) is 21.1. The molecule has 0 unspecified atom stereocenters. The van der Waals surface area contributed by atoms with Gasteiger partial charge < -0.3 is 19.5 Å². The SMILES string of the molecule is C=C1[C@@H](OC(C)=O)[C@H](OC(C)=O)[C@@H](OC(C)=O)[C@H]1NC(=O)Cc1ccccc1. The van der Waals surface area contributed by atoms with Crippen molar-refractivity contribution >= 4 is 23.8 Å². The van der Waals surface area contributed by atoms with Gasteiger partial charge in [-0.15, -0.1) is 0 Å². The maximum atomic E-state index is 12.5. The topological polar surface area (TPSA) is 108 Å². The monoisotopic (exact) mass is 389 g/mol. The molecular weight excluding hydrogens is 366 g/mol. The summed E-state index contributed by atoms with van der Waals surface area (Å²) in [6.07, 6.45) is -3.14. The molecule has 1 aromatic carbocycles. The number of carbonyl (C=O) groups is 4. The molecule has 4 atom stereocenters. The van der Waals surface area contributed by atoms with E-state index >= 15 is 0 Å². The molecule has 1 aliphatic carbocycles. The standard InChI is InChI=1S/C20H23NO7/c1-11-17(21-16(25)10-15-8-6-5-7-9-15)19(27-13(3)23)20(28-14(4)24)18(11)26-12(2)22/h5-9,17-20H,1,10H2,2-4H3,(H,21,25)/t17-,18+,19-,20-/m0/s1. The third-order valence-corrected chi connectivity index (χ3v) is 4.14. The van der Waals surface area contributed by atoms with E-state index in [0.29, 0.717) is 0 Å². The molecule has 0 spiro atoms. The number of hydrogen-bond donors (Lipinski definition) is 1. The highest BCUT2D eigenvalue weighted by atomic mass is 16.6. The third-order valence-electron chi connectivity index (χ3n) is 4.14. The van der Waals surface area contributed by atoms with Gasteiger partial charge in [0.2, 0.25) is 5.91 Å². The molecule has 8 heteroatoms. The molecule has 28 heavy (non-hydrogen) atoms. The van der Waals surface area contributed by atoms with Gasteiger partial charge in [0.25, 0.3) is 0 Å². The fraction of sp³-hybridized carbons (Fsp3) is 0.400. The van der Waals surface area contributed by atoms with E-state index in [2.05, 4.69) is 11.9 Å². The van der Waals surface area contributed by atoms with Gasteiger partial charge in [-0.3, -0.25) is 19.2 Å². The summed E-state index contributed by atoms with van der Waals surface area (Å²) in [7, 11) is 0. The Hall–Kier alpha value is -3.16. The van der Waals surface area contributed by atoms with Crippen molar-refractivity contribution in [3.05, 3.63) is 48.0 Å². The molecule has 1 N–H and O–H groups in total. The lowest BCUT2D eigenvalue weighted by Crippen LogP contribution is -2.47.